The van der Waals surface area contributed by atoms with E-state index in [2.05, 4.69) is 40.9 Å². The second-order valence-corrected chi connectivity index (χ2v) is 12.4. The van der Waals surface area contributed by atoms with E-state index in [1.165, 1.54) is 0 Å². The van der Waals surface area contributed by atoms with Crippen molar-refractivity contribution in [2.75, 3.05) is 26.6 Å². The Morgan fingerprint density at radius 1 is 0.959 bits per heavy atom. The maximum atomic E-state index is 13.4. The zero-order valence-electron chi connectivity index (χ0n) is 30.3. The molecule has 0 aliphatic heterocycles. The predicted molar refractivity (Wildman–Crippen MR) is 203 cm³/mol. The number of allylic oxidation sites excluding steroid dienone is 6. The summed E-state index contributed by atoms with van der Waals surface area (Å²) in [6, 6.07) is 16.9. The number of thiophene rings is 1. The lowest BCUT2D eigenvalue weighted by atomic mass is 9.86. The number of benzene rings is 2. The summed E-state index contributed by atoms with van der Waals surface area (Å²) in [6.07, 6.45) is 12.0. The van der Waals surface area contributed by atoms with E-state index in [0.29, 0.717) is 35.4 Å². The molecule has 0 unspecified atom stereocenters. The number of carbonyl (C=O) groups excluding carboxylic acids is 2. The van der Waals surface area contributed by atoms with E-state index in [9.17, 15) is 14.4 Å². The summed E-state index contributed by atoms with van der Waals surface area (Å²) in [4.78, 5) is 38.8. The van der Waals surface area contributed by atoms with Crippen LogP contribution in [0.3, 0.4) is 0 Å². The number of carboxylic acid groups (broad SMARTS) is 1. The largest absolute Gasteiger partial charge is 0.505 e. The highest BCUT2D eigenvalue weighted by molar-refractivity contribution is 7.13. The first-order valence-corrected chi connectivity index (χ1v) is 17.1. The van der Waals surface area contributed by atoms with Crippen molar-refractivity contribution in [3.63, 3.8) is 0 Å². The molecule has 0 saturated carbocycles. The fourth-order valence-electron chi connectivity index (χ4n) is 4.29. The Kier molecular flexibility index (Phi) is 19.7. The summed E-state index contributed by atoms with van der Waals surface area (Å²) >= 11 is 1.64. The van der Waals surface area contributed by atoms with Gasteiger partial charge < -0.3 is 25.2 Å². The third kappa shape index (κ3) is 15.4. The number of hydrogen-bond acceptors (Lipinski definition) is 6. The number of nitrogens with one attached hydrogen (secondary N) is 2. The van der Waals surface area contributed by atoms with Crippen LogP contribution in [0, 0.1) is 0 Å². The fourth-order valence-corrected chi connectivity index (χ4v) is 5.03. The number of anilines is 1. The lowest BCUT2D eigenvalue weighted by Crippen LogP contribution is -2.25. The van der Waals surface area contributed by atoms with Gasteiger partial charge in [-0.05, 0) is 89.7 Å². The average molecular weight is 689 g/mol. The van der Waals surface area contributed by atoms with Gasteiger partial charge in [0.15, 0.2) is 0 Å². The smallest absolute Gasteiger partial charge is 0.303 e. The zero-order chi connectivity index (χ0) is 36.8. The number of amides is 2. The highest BCUT2D eigenvalue weighted by Crippen LogP contribution is 2.29. The SMILES string of the molecule is C/C=C\OC.CC.CC(C)(C)c1ccc(C(=O)NC2=CC(CCC(=O)O)=CCC=C2)c(NC(=O)c2ccc(-c3cccs3)cc2)c1.COC. The van der Waals surface area contributed by atoms with Crippen LogP contribution in [0.25, 0.3) is 10.4 Å². The molecular weight excluding hydrogens is 637 g/mol. The highest BCUT2D eigenvalue weighted by atomic mass is 32.1. The van der Waals surface area contributed by atoms with E-state index < -0.39 is 5.97 Å². The number of ether oxygens (including phenoxy) is 2. The lowest BCUT2D eigenvalue weighted by Gasteiger charge is -2.21. The summed E-state index contributed by atoms with van der Waals surface area (Å²) < 4.78 is 8.76. The standard InChI is InChI=1S/C32H32N2O4S.C4H8O.C2H6O.C2H6/c1-32(2,3)24-15-16-26(31(38)33-25-8-5-4-7-21(19-25)10-17-29(35)36)27(20-24)34-30(37)23-13-11-22(12-14-23)28-9-6-18-39-28;1-3-4-5-2;1-3-2;1-2/h5-9,11-16,18-20H,4,10,17H2,1-3H3,(H,33,38)(H,34,37)(H,35,36);3-4H,1-2H3;1-2H3;1-2H3/b;4-3-;;. The molecule has 0 spiro atoms. The molecule has 0 radical (unpaired) electrons. The molecule has 1 aliphatic carbocycles. The second-order valence-electron chi connectivity index (χ2n) is 11.5. The Labute approximate surface area is 296 Å². The molecule has 1 aromatic heterocycles. The van der Waals surface area contributed by atoms with Crippen molar-refractivity contribution in [3.05, 3.63) is 125 Å². The molecule has 264 valence electrons. The van der Waals surface area contributed by atoms with Gasteiger partial charge in [0.2, 0.25) is 0 Å². The van der Waals surface area contributed by atoms with Gasteiger partial charge in [0.25, 0.3) is 11.8 Å². The van der Waals surface area contributed by atoms with Crippen LogP contribution in [0.15, 0.2) is 108 Å². The molecule has 9 heteroatoms. The highest BCUT2D eigenvalue weighted by Gasteiger charge is 2.21. The predicted octanol–water partition coefficient (Wildman–Crippen LogP) is 9.78. The topological polar surface area (TPSA) is 114 Å². The normalized spacial score (nSPS) is 11.9. The molecule has 3 N–H and O–H groups in total. The van der Waals surface area contributed by atoms with Crippen LogP contribution in [0.1, 0.15) is 87.1 Å². The molecule has 1 aliphatic rings. The Morgan fingerprint density at radius 3 is 2.16 bits per heavy atom. The molecule has 0 saturated heterocycles. The molecule has 0 atom stereocenters. The van der Waals surface area contributed by atoms with Crippen LogP contribution in [0.4, 0.5) is 5.69 Å². The molecule has 8 nitrogen and oxygen atoms in total. The van der Waals surface area contributed by atoms with Crippen LogP contribution in [0.2, 0.25) is 0 Å². The van der Waals surface area contributed by atoms with Crippen LogP contribution < -0.4 is 10.6 Å². The van der Waals surface area contributed by atoms with Gasteiger partial charge >= 0.3 is 5.97 Å². The summed E-state index contributed by atoms with van der Waals surface area (Å²) in [5, 5.41) is 16.9. The summed E-state index contributed by atoms with van der Waals surface area (Å²) in [5.74, 6) is -1.54. The maximum absolute atomic E-state index is 13.4. The van der Waals surface area contributed by atoms with Gasteiger partial charge in [-0.25, -0.2) is 0 Å². The molecule has 1 heterocycles. The third-order valence-electron chi connectivity index (χ3n) is 6.64. The van der Waals surface area contributed by atoms with E-state index in [1.54, 1.807) is 69.3 Å². The number of aliphatic carboxylic acids is 1. The summed E-state index contributed by atoms with van der Waals surface area (Å²) in [6.45, 7) is 12.1. The molecule has 49 heavy (non-hydrogen) atoms. The Balaban J connectivity index is 0.00000107. The lowest BCUT2D eigenvalue weighted by molar-refractivity contribution is -0.136. The Bertz CT molecular complexity index is 1580. The van der Waals surface area contributed by atoms with E-state index in [1.807, 2.05) is 80.8 Å². The van der Waals surface area contributed by atoms with E-state index in [0.717, 1.165) is 21.6 Å². The summed E-state index contributed by atoms with van der Waals surface area (Å²) in [5.41, 5.74) is 4.50. The number of methoxy groups -OCH3 is 2. The van der Waals surface area contributed by atoms with Crippen molar-refractivity contribution in [2.24, 2.45) is 0 Å². The first kappa shape index (κ1) is 42.3. The van der Waals surface area contributed by atoms with E-state index >= 15 is 0 Å². The minimum absolute atomic E-state index is 0.0162. The van der Waals surface area contributed by atoms with Gasteiger partial charge in [-0.1, -0.05) is 77.1 Å². The van der Waals surface area contributed by atoms with Crippen molar-refractivity contribution in [3.8, 4) is 10.4 Å². The van der Waals surface area contributed by atoms with Crippen LogP contribution in [0.5, 0.6) is 0 Å². The molecule has 4 rings (SSSR count). The number of carbonyl (C=O) groups is 3. The van der Waals surface area contributed by atoms with Gasteiger partial charge in [0, 0.05) is 36.8 Å². The maximum Gasteiger partial charge on any atom is 0.303 e. The number of rotatable bonds is 9. The molecule has 2 amide bonds. The minimum Gasteiger partial charge on any atom is -0.505 e. The van der Waals surface area contributed by atoms with E-state index in [-0.39, 0.29) is 23.7 Å². The van der Waals surface area contributed by atoms with Gasteiger partial charge in [-0.15, -0.1) is 11.3 Å². The van der Waals surface area contributed by atoms with Crippen LogP contribution in [-0.2, 0) is 19.7 Å². The molecule has 0 bridgehead atoms. The van der Waals surface area contributed by atoms with Gasteiger partial charge in [-0.2, -0.15) is 0 Å². The Morgan fingerprint density at radius 2 is 1.63 bits per heavy atom. The quantitative estimate of drug-likeness (QED) is 0.193. The van der Waals surface area contributed by atoms with Crippen molar-refractivity contribution < 1.29 is 29.0 Å². The van der Waals surface area contributed by atoms with Crippen molar-refractivity contribution >= 4 is 34.8 Å². The van der Waals surface area contributed by atoms with Gasteiger partial charge in [0.1, 0.15) is 0 Å². The second kappa shape index (κ2) is 22.8. The number of hydrogen-bond donors (Lipinski definition) is 3. The fraction of sp³-hybridized carbons (Fsp3) is 0.325. The minimum atomic E-state index is -0.868. The summed E-state index contributed by atoms with van der Waals surface area (Å²) in [7, 11) is 4.88. The molecule has 0 fully saturated rings. The van der Waals surface area contributed by atoms with E-state index in [4.69, 9.17) is 5.11 Å². The van der Waals surface area contributed by atoms with Crippen LogP contribution >= 0.6 is 11.3 Å². The van der Waals surface area contributed by atoms with Crippen molar-refractivity contribution in [1.29, 1.82) is 0 Å². The first-order valence-electron chi connectivity index (χ1n) is 16.2. The number of carboxylic acids is 1. The van der Waals surface area contributed by atoms with Gasteiger partial charge in [0.05, 0.1) is 24.6 Å². The zero-order valence-corrected chi connectivity index (χ0v) is 31.1. The van der Waals surface area contributed by atoms with Crippen molar-refractivity contribution in [1.82, 2.24) is 5.32 Å². The van der Waals surface area contributed by atoms with Crippen LogP contribution in [-0.4, -0.2) is 44.2 Å². The molecule has 3 aromatic rings. The third-order valence-corrected chi connectivity index (χ3v) is 7.56. The Hall–Kier alpha value is -4.73. The molecule has 2 aromatic carbocycles. The van der Waals surface area contributed by atoms with Gasteiger partial charge in [-0.3, -0.25) is 14.4 Å². The molecular formula is C40H52N2O6S. The monoisotopic (exact) mass is 688 g/mol. The van der Waals surface area contributed by atoms with Crippen molar-refractivity contribution in [2.45, 2.75) is 66.2 Å². The first-order chi connectivity index (χ1) is 23.4. The average Bonchev–Trinajstić information content (AvgIpc) is 3.53.